The lowest BCUT2D eigenvalue weighted by Crippen LogP contribution is -2.04. The number of nitrogens with one attached hydrogen (secondary N) is 1. The summed E-state index contributed by atoms with van der Waals surface area (Å²) in [5.41, 5.74) is 6.34. The Morgan fingerprint density at radius 2 is 1.81 bits per heavy atom. The quantitative estimate of drug-likeness (QED) is 0.295. The second-order valence-electron chi connectivity index (χ2n) is 8.12. The molecule has 0 aliphatic rings. The van der Waals surface area contributed by atoms with Crippen LogP contribution in [0.25, 0.3) is 10.6 Å². The van der Waals surface area contributed by atoms with Crippen molar-refractivity contribution in [2.24, 2.45) is 0 Å². The van der Waals surface area contributed by atoms with Crippen molar-refractivity contribution in [1.29, 1.82) is 0 Å². The van der Waals surface area contributed by atoms with Crippen molar-refractivity contribution in [1.82, 2.24) is 9.97 Å². The van der Waals surface area contributed by atoms with Crippen molar-refractivity contribution >= 4 is 17.2 Å². The fourth-order valence-corrected chi connectivity index (χ4v) is 4.69. The zero-order chi connectivity index (χ0) is 21.5. The maximum absolute atomic E-state index is 4.94. The zero-order valence-electron chi connectivity index (χ0n) is 18.2. The van der Waals surface area contributed by atoms with Crippen LogP contribution in [0.3, 0.4) is 0 Å². The molecule has 2 aromatic carbocycles. The van der Waals surface area contributed by atoms with E-state index in [2.05, 4.69) is 90.2 Å². The van der Waals surface area contributed by atoms with Crippen LogP contribution in [0.1, 0.15) is 41.6 Å². The number of aromatic nitrogens is 2. The van der Waals surface area contributed by atoms with E-state index in [0.717, 1.165) is 47.9 Å². The SMILES string of the molecule is Cc1cccc(CC(C)c2csc(-c3ccnc(NCCCc4ccccc4)c3)n2)c1. The Morgan fingerprint density at radius 1 is 0.968 bits per heavy atom. The lowest BCUT2D eigenvalue weighted by Gasteiger charge is -2.09. The van der Waals surface area contributed by atoms with Gasteiger partial charge in [-0.3, -0.25) is 0 Å². The molecule has 0 radical (unpaired) electrons. The minimum absolute atomic E-state index is 0.393. The molecule has 31 heavy (non-hydrogen) atoms. The van der Waals surface area contributed by atoms with Gasteiger partial charge in [0.15, 0.2) is 0 Å². The minimum Gasteiger partial charge on any atom is -0.370 e. The third-order valence-corrected chi connectivity index (χ3v) is 6.36. The lowest BCUT2D eigenvalue weighted by atomic mass is 9.98. The summed E-state index contributed by atoms with van der Waals surface area (Å²) in [6.07, 6.45) is 5.03. The van der Waals surface area contributed by atoms with E-state index >= 15 is 0 Å². The normalized spacial score (nSPS) is 11.9. The van der Waals surface area contributed by atoms with Crippen LogP contribution in [0.4, 0.5) is 5.82 Å². The molecule has 0 saturated carbocycles. The van der Waals surface area contributed by atoms with E-state index < -0.39 is 0 Å². The first kappa shape index (κ1) is 21.3. The maximum atomic E-state index is 4.94. The summed E-state index contributed by atoms with van der Waals surface area (Å²) in [5, 5.41) is 6.71. The molecule has 0 spiro atoms. The smallest absolute Gasteiger partial charge is 0.126 e. The molecule has 0 saturated heterocycles. The Labute approximate surface area is 189 Å². The minimum atomic E-state index is 0.393. The zero-order valence-corrected chi connectivity index (χ0v) is 19.0. The second kappa shape index (κ2) is 10.4. The fourth-order valence-electron chi connectivity index (χ4n) is 3.76. The first-order valence-corrected chi connectivity index (χ1v) is 11.8. The Balaban J connectivity index is 1.35. The highest BCUT2D eigenvalue weighted by Gasteiger charge is 2.13. The summed E-state index contributed by atoms with van der Waals surface area (Å²) < 4.78 is 0. The lowest BCUT2D eigenvalue weighted by molar-refractivity contribution is 0.737. The molecule has 2 heterocycles. The van der Waals surface area contributed by atoms with Gasteiger partial charge >= 0.3 is 0 Å². The summed E-state index contributed by atoms with van der Waals surface area (Å²) >= 11 is 1.71. The summed E-state index contributed by atoms with van der Waals surface area (Å²) in [5.74, 6) is 1.30. The van der Waals surface area contributed by atoms with Gasteiger partial charge in [-0.1, -0.05) is 67.1 Å². The number of thiazole rings is 1. The molecule has 158 valence electrons. The standard InChI is InChI=1S/C27H29N3S/c1-20-8-6-11-23(16-20)17-21(2)25-19-31-27(30-25)24-13-15-29-26(18-24)28-14-7-12-22-9-4-3-5-10-22/h3-6,8-11,13,15-16,18-19,21H,7,12,14,17H2,1-2H3,(H,28,29). The highest BCUT2D eigenvalue weighted by atomic mass is 32.1. The number of nitrogens with zero attached hydrogens (tertiary/aromatic N) is 2. The molecule has 0 fully saturated rings. The predicted octanol–water partition coefficient (Wildman–Crippen LogP) is 6.90. The van der Waals surface area contributed by atoms with Gasteiger partial charge in [-0.2, -0.15) is 0 Å². The van der Waals surface area contributed by atoms with Gasteiger partial charge in [0, 0.05) is 29.6 Å². The van der Waals surface area contributed by atoms with Crippen LogP contribution in [-0.2, 0) is 12.8 Å². The molecule has 4 aromatic rings. The van der Waals surface area contributed by atoms with E-state index in [-0.39, 0.29) is 0 Å². The monoisotopic (exact) mass is 427 g/mol. The number of benzene rings is 2. The van der Waals surface area contributed by atoms with Crippen LogP contribution in [0, 0.1) is 6.92 Å². The number of rotatable bonds is 9. The molecule has 0 amide bonds. The first-order valence-electron chi connectivity index (χ1n) is 10.9. The van der Waals surface area contributed by atoms with Crippen LogP contribution in [0.5, 0.6) is 0 Å². The number of hydrogen-bond acceptors (Lipinski definition) is 4. The molecule has 0 bridgehead atoms. The van der Waals surface area contributed by atoms with Crippen molar-refractivity contribution in [3.8, 4) is 10.6 Å². The molecule has 0 aliphatic carbocycles. The summed E-state index contributed by atoms with van der Waals surface area (Å²) in [6.45, 7) is 5.31. The van der Waals surface area contributed by atoms with Gasteiger partial charge in [-0.25, -0.2) is 9.97 Å². The van der Waals surface area contributed by atoms with E-state index in [1.165, 1.54) is 16.7 Å². The molecule has 1 atom stereocenters. The Bertz CT molecular complexity index is 1100. The maximum Gasteiger partial charge on any atom is 0.126 e. The fraction of sp³-hybridized carbons (Fsp3) is 0.259. The molecule has 3 nitrogen and oxygen atoms in total. The van der Waals surface area contributed by atoms with Crippen LogP contribution in [0.2, 0.25) is 0 Å². The average molecular weight is 428 g/mol. The van der Waals surface area contributed by atoms with Gasteiger partial charge in [0.25, 0.3) is 0 Å². The third kappa shape index (κ3) is 6.02. The molecule has 2 aromatic heterocycles. The van der Waals surface area contributed by atoms with Gasteiger partial charge < -0.3 is 5.32 Å². The Kier molecular flexibility index (Phi) is 7.11. The number of hydrogen-bond donors (Lipinski definition) is 1. The van der Waals surface area contributed by atoms with Crippen LogP contribution in [-0.4, -0.2) is 16.5 Å². The topological polar surface area (TPSA) is 37.8 Å². The van der Waals surface area contributed by atoms with Gasteiger partial charge in [-0.15, -0.1) is 11.3 Å². The summed E-state index contributed by atoms with van der Waals surface area (Å²) in [6, 6.07) is 23.5. The third-order valence-electron chi connectivity index (χ3n) is 5.45. The van der Waals surface area contributed by atoms with Gasteiger partial charge in [-0.05, 0) is 49.4 Å². The molecular formula is C27H29N3S. The van der Waals surface area contributed by atoms with Gasteiger partial charge in [0.05, 0.1) is 5.69 Å². The average Bonchev–Trinajstić information content (AvgIpc) is 3.28. The number of aryl methyl sites for hydroxylation is 2. The highest BCUT2D eigenvalue weighted by molar-refractivity contribution is 7.13. The van der Waals surface area contributed by atoms with Crippen LogP contribution < -0.4 is 5.32 Å². The first-order chi connectivity index (χ1) is 15.2. The summed E-state index contributed by atoms with van der Waals surface area (Å²) in [7, 11) is 0. The van der Waals surface area contributed by atoms with Crippen molar-refractivity contribution in [3.05, 3.63) is 101 Å². The van der Waals surface area contributed by atoms with E-state index in [1.54, 1.807) is 11.3 Å². The van der Waals surface area contributed by atoms with Gasteiger partial charge in [0.2, 0.25) is 0 Å². The number of anilines is 1. The summed E-state index contributed by atoms with van der Waals surface area (Å²) in [4.78, 5) is 9.42. The predicted molar refractivity (Wildman–Crippen MR) is 132 cm³/mol. The van der Waals surface area contributed by atoms with Crippen molar-refractivity contribution in [3.63, 3.8) is 0 Å². The van der Waals surface area contributed by atoms with Crippen LogP contribution >= 0.6 is 11.3 Å². The largest absolute Gasteiger partial charge is 0.370 e. The Morgan fingerprint density at radius 3 is 2.65 bits per heavy atom. The van der Waals surface area contributed by atoms with Crippen molar-refractivity contribution in [2.75, 3.05) is 11.9 Å². The van der Waals surface area contributed by atoms with E-state index in [9.17, 15) is 0 Å². The second-order valence-corrected chi connectivity index (χ2v) is 8.98. The molecule has 1 N–H and O–H groups in total. The van der Waals surface area contributed by atoms with Crippen molar-refractivity contribution in [2.45, 2.75) is 39.0 Å². The molecular weight excluding hydrogens is 398 g/mol. The highest BCUT2D eigenvalue weighted by Crippen LogP contribution is 2.29. The van der Waals surface area contributed by atoms with E-state index in [1.807, 2.05) is 12.3 Å². The molecule has 4 heteroatoms. The molecule has 1 unspecified atom stereocenters. The van der Waals surface area contributed by atoms with Gasteiger partial charge in [0.1, 0.15) is 10.8 Å². The van der Waals surface area contributed by atoms with Crippen LogP contribution in [0.15, 0.2) is 78.3 Å². The number of pyridine rings is 1. The van der Waals surface area contributed by atoms with Crippen molar-refractivity contribution < 1.29 is 0 Å². The molecule has 4 rings (SSSR count). The molecule has 0 aliphatic heterocycles. The van der Waals surface area contributed by atoms with E-state index in [0.29, 0.717) is 5.92 Å². The van der Waals surface area contributed by atoms with E-state index in [4.69, 9.17) is 4.98 Å². The Hall–Kier alpha value is -2.98.